The van der Waals surface area contributed by atoms with E-state index in [0.29, 0.717) is 0 Å². The number of anilines is 2. The lowest BCUT2D eigenvalue weighted by Crippen LogP contribution is -1.97. The standard InChI is InChI=1S/C10H6Br2IN3/c11-6-1-2-9(7(12)3-6)16-10-8(13)4-14-5-15-10/h1-5H,(H,14,15,16). The fourth-order valence-corrected chi connectivity index (χ4v) is 2.70. The second-order valence-electron chi connectivity index (χ2n) is 2.97. The molecular formula is C10H6Br2IN3. The van der Waals surface area contributed by atoms with Crippen LogP contribution in [0.5, 0.6) is 0 Å². The summed E-state index contributed by atoms with van der Waals surface area (Å²) < 4.78 is 2.99. The molecule has 2 rings (SSSR count). The second-order valence-corrected chi connectivity index (χ2v) is 5.90. The lowest BCUT2D eigenvalue weighted by atomic mass is 10.3. The summed E-state index contributed by atoms with van der Waals surface area (Å²) in [6.07, 6.45) is 3.29. The molecular weight excluding hydrogens is 449 g/mol. The van der Waals surface area contributed by atoms with Crippen molar-refractivity contribution in [2.75, 3.05) is 5.32 Å². The third kappa shape index (κ3) is 2.92. The maximum atomic E-state index is 4.17. The Morgan fingerprint density at radius 2 is 2.06 bits per heavy atom. The summed E-state index contributed by atoms with van der Waals surface area (Å²) in [6, 6.07) is 5.93. The highest BCUT2D eigenvalue weighted by molar-refractivity contribution is 14.1. The Morgan fingerprint density at radius 1 is 1.25 bits per heavy atom. The number of nitrogens with one attached hydrogen (secondary N) is 1. The average molecular weight is 455 g/mol. The monoisotopic (exact) mass is 453 g/mol. The molecule has 0 saturated carbocycles. The molecule has 0 aliphatic rings. The molecule has 3 nitrogen and oxygen atoms in total. The number of nitrogens with zero attached hydrogens (tertiary/aromatic N) is 2. The van der Waals surface area contributed by atoms with Gasteiger partial charge >= 0.3 is 0 Å². The summed E-state index contributed by atoms with van der Waals surface area (Å²) in [5.41, 5.74) is 0.972. The summed E-state index contributed by atoms with van der Waals surface area (Å²) in [4.78, 5) is 8.12. The Kier molecular flexibility index (Phi) is 4.15. The highest BCUT2D eigenvalue weighted by Crippen LogP contribution is 2.29. The molecule has 0 atom stereocenters. The zero-order valence-electron chi connectivity index (χ0n) is 7.92. The second kappa shape index (κ2) is 5.42. The van der Waals surface area contributed by atoms with Crippen molar-refractivity contribution >= 4 is 66.0 Å². The van der Waals surface area contributed by atoms with Gasteiger partial charge in [-0.3, -0.25) is 0 Å². The van der Waals surface area contributed by atoms with E-state index >= 15 is 0 Å². The predicted octanol–water partition coefficient (Wildman–Crippen LogP) is 4.35. The number of aromatic nitrogens is 2. The lowest BCUT2D eigenvalue weighted by Gasteiger charge is -2.08. The molecule has 0 saturated heterocycles. The Balaban J connectivity index is 2.31. The van der Waals surface area contributed by atoms with Crippen molar-refractivity contribution < 1.29 is 0 Å². The van der Waals surface area contributed by atoms with Gasteiger partial charge < -0.3 is 5.32 Å². The zero-order valence-corrected chi connectivity index (χ0v) is 13.2. The van der Waals surface area contributed by atoms with Crippen LogP contribution >= 0.6 is 54.5 Å². The van der Waals surface area contributed by atoms with Crippen LogP contribution in [-0.4, -0.2) is 9.97 Å². The first-order valence-electron chi connectivity index (χ1n) is 4.34. The molecule has 16 heavy (non-hydrogen) atoms. The quantitative estimate of drug-likeness (QED) is 0.686. The zero-order chi connectivity index (χ0) is 11.5. The minimum atomic E-state index is 0.804. The van der Waals surface area contributed by atoms with Crippen molar-refractivity contribution in [3.05, 3.63) is 43.2 Å². The fraction of sp³-hybridized carbons (Fsp3) is 0. The molecule has 0 aliphatic carbocycles. The molecule has 0 amide bonds. The molecule has 82 valence electrons. The molecule has 0 spiro atoms. The van der Waals surface area contributed by atoms with Crippen molar-refractivity contribution in [3.8, 4) is 0 Å². The fourth-order valence-electron chi connectivity index (χ4n) is 1.12. The number of hydrogen-bond acceptors (Lipinski definition) is 3. The molecule has 0 bridgehead atoms. The van der Waals surface area contributed by atoms with E-state index < -0.39 is 0 Å². The largest absolute Gasteiger partial charge is 0.338 e. The number of halogens is 3. The Hall–Kier alpha value is -0.210. The molecule has 0 unspecified atom stereocenters. The van der Waals surface area contributed by atoms with Gasteiger partial charge in [-0.1, -0.05) is 15.9 Å². The van der Waals surface area contributed by atoms with Gasteiger partial charge in [-0.25, -0.2) is 9.97 Å². The van der Waals surface area contributed by atoms with Gasteiger partial charge in [0.25, 0.3) is 0 Å². The molecule has 1 N–H and O–H groups in total. The summed E-state index contributed by atoms with van der Waals surface area (Å²) in [6.45, 7) is 0. The first-order chi connectivity index (χ1) is 7.66. The first kappa shape index (κ1) is 12.3. The van der Waals surface area contributed by atoms with Crippen LogP contribution in [0.4, 0.5) is 11.5 Å². The predicted molar refractivity (Wildman–Crippen MR) is 79.9 cm³/mol. The summed E-state index contributed by atoms with van der Waals surface area (Å²) >= 11 is 9.10. The number of rotatable bonds is 2. The van der Waals surface area contributed by atoms with Gasteiger partial charge in [-0.2, -0.15) is 0 Å². The van der Waals surface area contributed by atoms with Crippen LogP contribution < -0.4 is 5.32 Å². The number of benzene rings is 1. The Morgan fingerprint density at radius 3 is 2.75 bits per heavy atom. The molecule has 0 aliphatic heterocycles. The van der Waals surface area contributed by atoms with Crippen molar-refractivity contribution in [1.82, 2.24) is 9.97 Å². The normalized spacial score (nSPS) is 10.2. The first-order valence-corrected chi connectivity index (χ1v) is 7.01. The Bertz CT molecular complexity index is 519. The minimum Gasteiger partial charge on any atom is -0.338 e. The van der Waals surface area contributed by atoms with Crippen LogP contribution in [0.1, 0.15) is 0 Å². The minimum absolute atomic E-state index is 0.804. The third-order valence-corrected chi connectivity index (χ3v) is 3.79. The van der Waals surface area contributed by atoms with Gasteiger partial charge in [-0.05, 0) is 56.7 Å². The SMILES string of the molecule is Brc1ccc(Nc2ncncc2I)c(Br)c1. The van der Waals surface area contributed by atoms with E-state index in [1.807, 2.05) is 18.2 Å². The van der Waals surface area contributed by atoms with E-state index in [-0.39, 0.29) is 0 Å². The summed E-state index contributed by atoms with van der Waals surface area (Å²) in [5.74, 6) is 0.804. The van der Waals surface area contributed by atoms with Crippen molar-refractivity contribution in [1.29, 1.82) is 0 Å². The van der Waals surface area contributed by atoms with Crippen LogP contribution in [0.25, 0.3) is 0 Å². The topological polar surface area (TPSA) is 37.8 Å². The van der Waals surface area contributed by atoms with E-state index in [1.54, 1.807) is 6.20 Å². The van der Waals surface area contributed by atoms with E-state index in [2.05, 4.69) is 69.7 Å². The molecule has 2 aromatic rings. The van der Waals surface area contributed by atoms with Crippen molar-refractivity contribution in [3.63, 3.8) is 0 Å². The van der Waals surface area contributed by atoms with E-state index in [1.165, 1.54) is 6.33 Å². The maximum absolute atomic E-state index is 4.17. The van der Waals surface area contributed by atoms with Gasteiger partial charge in [-0.15, -0.1) is 0 Å². The van der Waals surface area contributed by atoms with E-state index in [4.69, 9.17) is 0 Å². The van der Waals surface area contributed by atoms with Gasteiger partial charge in [0.05, 0.1) is 9.26 Å². The van der Waals surface area contributed by atoms with Crippen LogP contribution in [0, 0.1) is 3.57 Å². The van der Waals surface area contributed by atoms with Crippen LogP contribution in [0.3, 0.4) is 0 Å². The van der Waals surface area contributed by atoms with Gasteiger partial charge in [0.2, 0.25) is 0 Å². The van der Waals surface area contributed by atoms with Crippen LogP contribution in [0.15, 0.2) is 39.7 Å². The maximum Gasteiger partial charge on any atom is 0.147 e. The molecule has 0 fully saturated rings. The Labute approximate surface area is 123 Å². The van der Waals surface area contributed by atoms with Crippen LogP contribution in [0.2, 0.25) is 0 Å². The highest BCUT2D eigenvalue weighted by Gasteiger charge is 2.04. The molecule has 1 heterocycles. The van der Waals surface area contributed by atoms with Crippen molar-refractivity contribution in [2.24, 2.45) is 0 Å². The van der Waals surface area contributed by atoms with E-state index in [0.717, 1.165) is 24.0 Å². The summed E-state index contributed by atoms with van der Waals surface area (Å²) in [7, 11) is 0. The average Bonchev–Trinajstić information content (AvgIpc) is 2.25. The summed E-state index contributed by atoms with van der Waals surface area (Å²) in [5, 5.41) is 3.24. The van der Waals surface area contributed by atoms with E-state index in [9.17, 15) is 0 Å². The molecule has 1 aromatic carbocycles. The van der Waals surface area contributed by atoms with Crippen molar-refractivity contribution in [2.45, 2.75) is 0 Å². The number of hydrogen-bond donors (Lipinski definition) is 1. The smallest absolute Gasteiger partial charge is 0.147 e. The third-order valence-electron chi connectivity index (χ3n) is 1.85. The van der Waals surface area contributed by atoms with Gasteiger partial charge in [0, 0.05) is 15.1 Å². The van der Waals surface area contributed by atoms with Gasteiger partial charge in [0.1, 0.15) is 12.1 Å². The molecule has 0 radical (unpaired) electrons. The lowest BCUT2D eigenvalue weighted by molar-refractivity contribution is 1.15. The van der Waals surface area contributed by atoms with Gasteiger partial charge in [0.15, 0.2) is 0 Å². The van der Waals surface area contributed by atoms with Crippen LogP contribution in [-0.2, 0) is 0 Å². The molecule has 1 aromatic heterocycles. The molecule has 6 heteroatoms. The highest BCUT2D eigenvalue weighted by atomic mass is 127.